The van der Waals surface area contributed by atoms with Crippen molar-refractivity contribution in [2.75, 3.05) is 26.9 Å². The van der Waals surface area contributed by atoms with Gasteiger partial charge in [-0.2, -0.15) is 0 Å². The first-order valence-corrected chi connectivity index (χ1v) is 4.86. The number of nitrogens with zero attached hydrogens (tertiary/aromatic N) is 2. The van der Waals surface area contributed by atoms with E-state index >= 15 is 0 Å². The number of ether oxygens (including phenoxy) is 1. The van der Waals surface area contributed by atoms with Gasteiger partial charge in [0.2, 0.25) is 0 Å². The fourth-order valence-corrected chi connectivity index (χ4v) is 0.998. The van der Waals surface area contributed by atoms with Crippen LogP contribution in [0, 0.1) is 0 Å². The number of rotatable bonds is 2. The molecule has 0 atom stereocenters. The average Bonchev–Trinajstić information content (AvgIpc) is 2.52. The quantitative estimate of drug-likeness (QED) is 0.628. The standard InChI is InChI=1S/C6H12N2.C4H8O2/c1-3-8-5-4-7(2)6-8;1-3-6-4(2)5/h4-5H,3,6H2,1-2H3;3H2,1-2H3. The number of esters is 1. The normalized spacial score (nSPS) is 13.7. The first-order valence-electron chi connectivity index (χ1n) is 4.86. The topological polar surface area (TPSA) is 32.8 Å². The molecule has 0 aromatic carbocycles. The van der Waals surface area contributed by atoms with Gasteiger partial charge in [-0.25, -0.2) is 0 Å². The summed E-state index contributed by atoms with van der Waals surface area (Å²) in [6.45, 7) is 7.97. The van der Waals surface area contributed by atoms with Crippen molar-refractivity contribution in [3.8, 4) is 0 Å². The molecule has 0 aromatic heterocycles. The molecule has 4 nitrogen and oxygen atoms in total. The summed E-state index contributed by atoms with van der Waals surface area (Å²) < 4.78 is 4.40. The van der Waals surface area contributed by atoms with Crippen molar-refractivity contribution in [3.05, 3.63) is 12.4 Å². The van der Waals surface area contributed by atoms with E-state index < -0.39 is 0 Å². The molecule has 1 aliphatic rings. The van der Waals surface area contributed by atoms with Gasteiger partial charge < -0.3 is 14.5 Å². The maximum atomic E-state index is 9.82. The van der Waals surface area contributed by atoms with Gasteiger partial charge in [0.15, 0.2) is 0 Å². The fraction of sp³-hybridized carbons (Fsp3) is 0.700. The minimum Gasteiger partial charge on any atom is -0.466 e. The van der Waals surface area contributed by atoms with Crippen LogP contribution in [0.4, 0.5) is 0 Å². The maximum absolute atomic E-state index is 9.82. The van der Waals surface area contributed by atoms with Crippen molar-refractivity contribution < 1.29 is 9.53 Å². The zero-order valence-corrected chi connectivity index (χ0v) is 9.49. The molecule has 0 spiro atoms. The Kier molecular flexibility index (Phi) is 6.62. The fourth-order valence-electron chi connectivity index (χ4n) is 0.998. The van der Waals surface area contributed by atoms with Crippen LogP contribution in [0.3, 0.4) is 0 Å². The zero-order valence-electron chi connectivity index (χ0n) is 9.49. The summed E-state index contributed by atoms with van der Waals surface area (Å²) in [6, 6.07) is 0. The molecule has 1 aliphatic heterocycles. The van der Waals surface area contributed by atoms with Crippen molar-refractivity contribution in [2.24, 2.45) is 0 Å². The summed E-state index contributed by atoms with van der Waals surface area (Å²) in [5.41, 5.74) is 0. The minimum absolute atomic E-state index is 0.211. The van der Waals surface area contributed by atoms with Crippen molar-refractivity contribution in [3.63, 3.8) is 0 Å². The van der Waals surface area contributed by atoms with Crippen LogP contribution in [-0.2, 0) is 9.53 Å². The molecule has 0 saturated carbocycles. The lowest BCUT2D eigenvalue weighted by atomic mass is 10.6. The first kappa shape index (κ1) is 12.8. The highest BCUT2D eigenvalue weighted by molar-refractivity contribution is 5.65. The second kappa shape index (κ2) is 7.24. The zero-order chi connectivity index (χ0) is 11.0. The van der Waals surface area contributed by atoms with Crippen LogP contribution in [0.2, 0.25) is 0 Å². The Morgan fingerprint density at radius 3 is 2.21 bits per heavy atom. The molecule has 0 amide bonds. The first-order chi connectivity index (χ1) is 6.60. The molecule has 0 saturated heterocycles. The lowest BCUT2D eigenvalue weighted by Gasteiger charge is -2.14. The highest BCUT2D eigenvalue weighted by atomic mass is 16.5. The van der Waals surface area contributed by atoms with Crippen LogP contribution in [0.15, 0.2) is 12.4 Å². The molecular weight excluding hydrogens is 180 g/mol. The Labute approximate surface area is 86.1 Å². The Morgan fingerprint density at radius 1 is 1.43 bits per heavy atom. The molecule has 0 aromatic rings. The van der Waals surface area contributed by atoms with E-state index in [4.69, 9.17) is 0 Å². The predicted octanol–water partition coefficient (Wildman–Crippen LogP) is 1.25. The molecule has 0 fully saturated rings. The van der Waals surface area contributed by atoms with E-state index in [0.29, 0.717) is 6.61 Å². The molecule has 1 heterocycles. The third-order valence-corrected chi connectivity index (χ3v) is 1.69. The Balaban J connectivity index is 0.000000255. The number of carbonyl (C=O) groups is 1. The van der Waals surface area contributed by atoms with Gasteiger partial charge in [-0.05, 0) is 13.8 Å². The minimum atomic E-state index is -0.211. The SMILES string of the molecule is CCN1C=CN(C)C1.CCOC(C)=O. The largest absolute Gasteiger partial charge is 0.466 e. The lowest BCUT2D eigenvalue weighted by molar-refractivity contribution is -0.140. The van der Waals surface area contributed by atoms with Gasteiger partial charge in [0.05, 0.1) is 13.3 Å². The van der Waals surface area contributed by atoms with E-state index in [-0.39, 0.29) is 5.97 Å². The number of hydrogen-bond donors (Lipinski definition) is 0. The molecular formula is C10H20N2O2. The summed E-state index contributed by atoms with van der Waals surface area (Å²) in [4.78, 5) is 14.2. The highest BCUT2D eigenvalue weighted by Crippen LogP contribution is 2.00. The van der Waals surface area contributed by atoms with Crippen LogP contribution in [0.1, 0.15) is 20.8 Å². The van der Waals surface area contributed by atoms with Crippen LogP contribution in [0.5, 0.6) is 0 Å². The Bertz CT molecular complexity index is 193. The molecule has 14 heavy (non-hydrogen) atoms. The van der Waals surface area contributed by atoms with E-state index in [1.165, 1.54) is 6.92 Å². The van der Waals surface area contributed by atoms with E-state index in [2.05, 4.69) is 40.9 Å². The Hall–Kier alpha value is -1.19. The third kappa shape index (κ3) is 6.34. The number of hydrogen-bond acceptors (Lipinski definition) is 4. The van der Waals surface area contributed by atoms with Crippen LogP contribution in [-0.4, -0.2) is 42.6 Å². The van der Waals surface area contributed by atoms with Gasteiger partial charge in [0, 0.05) is 32.9 Å². The molecule has 0 radical (unpaired) electrons. The van der Waals surface area contributed by atoms with Gasteiger partial charge in [-0.3, -0.25) is 4.79 Å². The van der Waals surface area contributed by atoms with Crippen LogP contribution in [0.25, 0.3) is 0 Å². The van der Waals surface area contributed by atoms with Gasteiger partial charge in [-0.1, -0.05) is 0 Å². The maximum Gasteiger partial charge on any atom is 0.302 e. The third-order valence-electron chi connectivity index (χ3n) is 1.69. The predicted molar refractivity (Wildman–Crippen MR) is 56.5 cm³/mol. The van der Waals surface area contributed by atoms with Gasteiger partial charge in [0.1, 0.15) is 0 Å². The van der Waals surface area contributed by atoms with Crippen molar-refractivity contribution >= 4 is 5.97 Å². The van der Waals surface area contributed by atoms with Gasteiger partial charge in [0.25, 0.3) is 0 Å². The molecule has 0 bridgehead atoms. The summed E-state index contributed by atoms with van der Waals surface area (Å²) in [7, 11) is 2.08. The van der Waals surface area contributed by atoms with Crippen molar-refractivity contribution in [1.29, 1.82) is 0 Å². The monoisotopic (exact) mass is 200 g/mol. The molecule has 0 unspecified atom stereocenters. The summed E-state index contributed by atoms with van der Waals surface area (Å²) in [5.74, 6) is -0.211. The van der Waals surface area contributed by atoms with Crippen molar-refractivity contribution in [1.82, 2.24) is 9.80 Å². The van der Waals surface area contributed by atoms with Crippen molar-refractivity contribution in [2.45, 2.75) is 20.8 Å². The van der Waals surface area contributed by atoms with E-state index in [1.807, 2.05) is 0 Å². The Morgan fingerprint density at radius 2 is 2.07 bits per heavy atom. The molecule has 0 N–H and O–H groups in total. The van der Waals surface area contributed by atoms with E-state index in [9.17, 15) is 4.79 Å². The molecule has 0 aliphatic carbocycles. The summed E-state index contributed by atoms with van der Waals surface area (Å²) in [6.07, 6.45) is 4.20. The second-order valence-electron chi connectivity index (χ2n) is 3.03. The van der Waals surface area contributed by atoms with Crippen LogP contribution >= 0.6 is 0 Å². The summed E-state index contributed by atoms with van der Waals surface area (Å²) in [5, 5.41) is 0. The van der Waals surface area contributed by atoms with Gasteiger partial charge in [-0.15, -0.1) is 0 Å². The average molecular weight is 200 g/mol. The van der Waals surface area contributed by atoms with E-state index in [1.54, 1.807) is 6.92 Å². The molecule has 4 heteroatoms. The number of carbonyl (C=O) groups excluding carboxylic acids is 1. The highest BCUT2D eigenvalue weighted by Gasteiger charge is 2.03. The van der Waals surface area contributed by atoms with E-state index in [0.717, 1.165) is 13.2 Å². The lowest BCUT2D eigenvalue weighted by Crippen LogP contribution is -2.21. The van der Waals surface area contributed by atoms with Gasteiger partial charge >= 0.3 is 5.97 Å². The smallest absolute Gasteiger partial charge is 0.302 e. The van der Waals surface area contributed by atoms with Crippen LogP contribution < -0.4 is 0 Å². The molecule has 82 valence electrons. The second-order valence-corrected chi connectivity index (χ2v) is 3.03. The molecule has 1 rings (SSSR count). The summed E-state index contributed by atoms with van der Waals surface area (Å²) >= 11 is 0.